The Morgan fingerprint density at radius 1 is 1.29 bits per heavy atom. The van der Waals surface area contributed by atoms with Gasteiger partial charge < -0.3 is 10.4 Å². The van der Waals surface area contributed by atoms with Crippen molar-refractivity contribution in [3.8, 4) is 0 Å². The van der Waals surface area contributed by atoms with E-state index in [0.29, 0.717) is 0 Å². The standard InChI is InChI=1S/C14H20ClNO/c15-13-6-3-5-12(11-13)14(7-1-2-8-14)16-9-4-10-17/h3,5-6,11,16-17H,1-2,4,7-10H2. The van der Waals surface area contributed by atoms with E-state index in [1.165, 1.54) is 31.2 Å². The van der Waals surface area contributed by atoms with Crippen molar-refractivity contribution < 1.29 is 5.11 Å². The van der Waals surface area contributed by atoms with Gasteiger partial charge in [0.2, 0.25) is 0 Å². The molecule has 1 aromatic carbocycles. The molecular weight excluding hydrogens is 234 g/mol. The van der Waals surface area contributed by atoms with E-state index in [4.69, 9.17) is 16.7 Å². The normalized spacial score (nSPS) is 18.5. The summed E-state index contributed by atoms with van der Waals surface area (Å²) < 4.78 is 0. The maximum Gasteiger partial charge on any atom is 0.0443 e. The molecule has 2 rings (SSSR count). The third kappa shape index (κ3) is 3.01. The first-order valence-corrected chi connectivity index (χ1v) is 6.77. The lowest BCUT2D eigenvalue weighted by molar-refractivity contribution is 0.267. The van der Waals surface area contributed by atoms with E-state index in [0.717, 1.165) is 18.0 Å². The number of nitrogens with one attached hydrogen (secondary N) is 1. The number of halogens is 1. The van der Waals surface area contributed by atoms with Crippen LogP contribution >= 0.6 is 11.6 Å². The summed E-state index contributed by atoms with van der Waals surface area (Å²) in [5.41, 5.74) is 1.38. The van der Waals surface area contributed by atoms with E-state index in [1.54, 1.807) is 0 Å². The minimum Gasteiger partial charge on any atom is -0.396 e. The Kier molecular flexibility index (Phi) is 4.43. The van der Waals surface area contributed by atoms with Gasteiger partial charge in [0.05, 0.1) is 0 Å². The molecule has 0 aromatic heterocycles. The molecule has 2 nitrogen and oxygen atoms in total. The first-order chi connectivity index (χ1) is 8.27. The number of hydrogen-bond donors (Lipinski definition) is 2. The van der Waals surface area contributed by atoms with Crippen molar-refractivity contribution in [2.24, 2.45) is 0 Å². The van der Waals surface area contributed by atoms with Crippen LogP contribution in [0.25, 0.3) is 0 Å². The Labute approximate surface area is 108 Å². The Balaban J connectivity index is 2.15. The van der Waals surface area contributed by atoms with Crippen LogP contribution in [0.2, 0.25) is 5.02 Å². The van der Waals surface area contributed by atoms with E-state index >= 15 is 0 Å². The van der Waals surface area contributed by atoms with Crippen molar-refractivity contribution in [2.45, 2.75) is 37.6 Å². The second-order valence-corrected chi connectivity index (χ2v) is 5.24. The summed E-state index contributed by atoms with van der Waals surface area (Å²) in [6, 6.07) is 8.16. The number of aliphatic hydroxyl groups is 1. The average molecular weight is 254 g/mol. The second-order valence-electron chi connectivity index (χ2n) is 4.80. The molecule has 0 heterocycles. The van der Waals surface area contributed by atoms with Crippen molar-refractivity contribution in [2.75, 3.05) is 13.2 Å². The zero-order chi connectivity index (χ0) is 12.1. The quantitative estimate of drug-likeness (QED) is 0.791. The highest BCUT2D eigenvalue weighted by Gasteiger charge is 2.34. The minimum absolute atomic E-state index is 0.0834. The fourth-order valence-corrected chi connectivity index (χ4v) is 2.93. The number of rotatable bonds is 5. The van der Waals surface area contributed by atoms with Crippen LogP contribution in [-0.4, -0.2) is 18.3 Å². The van der Waals surface area contributed by atoms with Crippen LogP contribution in [0.3, 0.4) is 0 Å². The summed E-state index contributed by atoms with van der Waals surface area (Å²) in [7, 11) is 0. The molecule has 0 aliphatic heterocycles. The van der Waals surface area contributed by atoms with Gasteiger partial charge in [-0.2, -0.15) is 0 Å². The lowest BCUT2D eigenvalue weighted by Gasteiger charge is -2.31. The van der Waals surface area contributed by atoms with Crippen LogP contribution in [0, 0.1) is 0 Å². The third-order valence-corrected chi connectivity index (χ3v) is 3.87. The Morgan fingerprint density at radius 3 is 2.71 bits per heavy atom. The summed E-state index contributed by atoms with van der Waals surface area (Å²) in [6.07, 6.45) is 5.66. The van der Waals surface area contributed by atoms with Crippen molar-refractivity contribution in [3.05, 3.63) is 34.9 Å². The molecule has 17 heavy (non-hydrogen) atoms. The van der Waals surface area contributed by atoms with Gasteiger partial charge in [-0.25, -0.2) is 0 Å². The molecule has 0 atom stereocenters. The zero-order valence-electron chi connectivity index (χ0n) is 10.1. The van der Waals surface area contributed by atoms with E-state index in [-0.39, 0.29) is 12.1 Å². The zero-order valence-corrected chi connectivity index (χ0v) is 10.8. The third-order valence-electron chi connectivity index (χ3n) is 3.63. The second kappa shape index (κ2) is 5.85. The Hall–Kier alpha value is -0.570. The molecule has 1 fully saturated rings. The first kappa shape index (κ1) is 12.9. The van der Waals surface area contributed by atoms with Gasteiger partial charge in [0.15, 0.2) is 0 Å². The molecule has 0 spiro atoms. The summed E-state index contributed by atoms with van der Waals surface area (Å²) in [5.74, 6) is 0. The molecule has 0 saturated heterocycles. The van der Waals surface area contributed by atoms with E-state index in [2.05, 4.69) is 17.4 Å². The van der Waals surface area contributed by atoms with Crippen LogP contribution in [0.15, 0.2) is 24.3 Å². The molecule has 1 aliphatic rings. The summed E-state index contributed by atoms with van der Waals surface area (Å²) >= 11 is 6.08. The highest BCUT2D eigenvalue weighted by atomic mass is 35.5. The molecule has 1 aliphatic carbocycles. The van der Waals surface area contributed by atoms with E-state index in [9.17, 15) is 0 Å². The van der Waals surface area contributed by atoms with Gasteiger partial charge in [-0.05, 0) is 43.5 Å². The molecule has 1 aromatic rings. The van der Waals surface area contributed by atoms with E-state index in [1.807, 2.05) is 12.1 Å². The van der Waals surface area contributed by atoms with Crippen LogP contribution < -0.4 is 5.32 Å². The lowest BCUT2D eigenvalue weighted by atomic mass is 9.88. The van der Waals surface area contributed by atoms with Gasteiger partial charge in [0.25, 0.3) is 0 Å². The van der Waals surface area contributed by atoms with Gasteiger partial charge >= 0.3 is 0 Å². The minimum atomic E-state index is 0.0834. The maximum absolute atomic E-state index is 8.88. The smallest absolute Gasteiger partial charge is 0.0443 e. The van der Waals surface area contributed by atoms with Gasteiger partial charge in [-0.15, -0.1) is 0 Å². The predicted octanol–water partition coefficient (Wildman–Crippen LogP) is 3.08. The van der Waals surface area contributed by atoms with Crippen LogP contribution in [0.5, 0.6) is 0 Å². The lowest BCUT2D eigenvalue weighted by Crippen LogP contribution is -2.40. The topological polar surface area (TPSA) is 32.3 Å². The van der Waals surface area contributed by atoms with Crippen LogP contribution in [-0.2, 0) is 5.54 Å². The van der Waals surface area contributed by atoms with Crippen molar-refractivity contribution in [3.63, 3.8) is 0 Å². The van der Waals surface area contributed by atoms with Crippen molar-refractivity contribution in [1.29, 1.82) is 0 Å². The number of hydrogen-bond acceptors (Lipinski definition) is 2. The SMILES string of the molecule is OCCCNC1(c2cccc(Cl)c2)CCCC1. The number of benzene rings is 1. The molecule has 0 amide bonds. The highest BCUT2D eigenvalue weighted by molar-refractivity contribution is 6.30. The highest BCUT2D eigenvalue weighted by Crippen LogP contribution is 2.39. The summed E-state index contributed by atoms with van der Waals surface area (Å²) in [5, 5.41) is 13.3. The largest absolute Gasteiger partial charge is 0.396 e. The maximum atomic E-state index is 8.88. The summed E-state index contributed by atoms with van der Waals surface area (Å²) in [6.45, 7) is 1.11. The molecule has 0 radical (unpaired) electrons. The fourth-order valence-electron chi connectivity index (χ4n) is 2.74. The molecule has 1 saturated carbocycles. The molecule has 2 N–H and O–H groups in total. The van der Waals surface area contributed by atoms with Gasteiger partial charge in [0.1, 0.15) is 0 Å². The van der Waals surface area contributed by atoms with Crippen LogP contribution in [0.1, 0.15) is 37.7 Å². The summed E-state index contributed by atoms with van der Waals surface area (Å²) in [4.78, 5) is 0. The van der Waals surface area contributed by atoms with Gasteiger partial charge in [-0.1, -0.05) is 36.6 Å². The van der Waals surface area contributed by atoms with Gasteiger partial charge in [-0.3, -0.25) is 0 Å². The van der Waals surface area contributed by atoms with E-state index < -0.39 is 0 Å². The molecule has 3 heteroatoms. The molecular formula is C14H20ClNO. The molecule has 0 unspecified atom stereocenters. The Bertz CT molecular complexity index is 361. The van der Waals surface area contributed by atoms with Crippen molar-refractivity contribution in [1.82, 2.24) is 5.32 Å². The first-order valence-electron chi connectivity index (χ1n) is 6.39. The fraction of sp³-hybridized carbons (Fsp3) is 0.571. The van der Waals surface area contributed by atoms with Crippen LogP contribution in [0.4, 0.5) is 0 Å². The monoisotopic (exact) mass is 253 g/mol. The predicted molar refractivity (Wildman–Crippen MR) is 71.3 cm³/mol. The average Bonchev–Trinajstić information content (AvgIpc) is 2.79. The number of aliphatic hydroxyl groups excluding tert-OH is 1. The Morgan fingerprint density at radius 2 is 2.06 bits per heavy atom. The molecule has 0 bridgehead atoms. The molecule has 94 valence electrons. The van der Waals surface area contributed by atoms with Crippen molar-refractivity contribution >= 4 is 11.6 Å². The van der Waals surface area contributed by atoms with Gasteiger partial charge in [0, 0.05) is 17.2 Å².